The SMILES string of the molecule is COc1ccc(-c2cc(=O)c3cccc(OC)c3o2)cc1OC. The van der Waals surface area contributed by atoms with E-state index < -0.39 is 0 Å². The Balaban J connectivity index is 2.23. The molecule has 0 atom stereocenters. The lowest BCUT2D eigenvalue weighted by atomic mass is 10.1. The molecule has 5 heteroatoms. The van der Waals surface area contributed by atoms with Crippen LogP contribution in [0.25, 0.3) is 22.3 Å². The Morgan fingerprint density at radius 1 is 0.826 bits per heavy atom. The van der Waals surface area contributed by atoms with Gasteiger partial charge in [-0.05, 0) is 30.3 Å². The van der Waals surface area contributed by atoms with Gasteiger partial charge < -0.3 is 18.6 Å². The standard InChI is InChI=1S/C18H16O5/c1-20-14-8-7-11(9-17(14)22-3)16-10-13(19)12-5-4-6-15(21-2)18(12)23-16/h4-10H,1-3H3. The molecule has 1 aromatic heterocycles. The van der Waals surface area contributed by atoms with Crippen molar-refractivity contribution in [2.45, 2.75) is 0 Å². The van der Waals surface area contributed by atoms with Crippen molar-refractivity contribution in [3.8, 4) is 28.6 Å². The van der Waals surface area contributed by atoms with Gasteiger partial charge in [-0.25, -0.2) is 0 Å². The summed E-state index contributed by atoms with van der Waals surface area (Å²) in [5, 5.41) is 0.480. The van der Waals surface area contributed by atoms with Crippen LogP contribution >= 0.6 is 0 Å². The second-order valence-electron chi connectivity index (χ2n) is 4.88. The minimum absolute atomic E-state index is 0.130. The first-order chi connectivity index (χ1) is 11.2. The lowest BCUT2D eigenvalue weighted by molar-refractivity contribution is 0.355. The number of ether oxygens (including phenoxy) is 3. The number of fused-ring (bicyclic) bond motifs is 1. The highest BCUT2D eigenvalue weighted by atomic mass is 16.5. The van der Waals surface area contributed by atoms with Crippen LogP contribution < -0.4 is 19.6 Å². The number of para-hydroxylation sites is 1. The van der Waals surface area contributed by atoms with Crippen molar-refractivity contribution in [1.29, 1.82) is 0 Å². The lowest BCUT2D eigenvalue weighted by Crippen LogP contribution is -2.01. The van der Waals surface area contributed by atoms with Gasteiger partial charge in [0, 0.05) is 11.6 Å². The van der Waals surface area contributed by atoms with Gasteiger partial charge in [-0.2, -0.15) is 0 Å². The highest BCUT2D eigenvalue weighted by molar-refractivity contribution is 5.84. The number of hydrogen-bond donors (Lipinski definition) is 0. The molecule has 118 valence electrons. The second kappa shape index (κ2) is 6.04. The van der Waals surface area contributed by atoms with Gasteiger partial charge in [0.1, 0.15) is 5.76 Å². The molecule has 23 heavy (non-hydrogen) atoms. The van der Waals surface area contributed by atoms with Crippen molar-refractivity contribution >= 4 is 11.0 Å². The summed E-state index contributed by atoms with van der Waals surface area (Å²) in [6, 6.07) is 12.0. The van der Waals surface area contributed by atoms with E-state index in [-0.39, 0.29) is 5.43 Å². The molecule has 0 N–H and O–H groups in total. The van der Waals surface area contributed by atoms with Gasteiger partial charge in [0.05, 0.1) is 26.7 Å². The summed E-state index contributed by atoms with van der Waals surface area (Å²) in [7, 11) is 4.66. The minimum atomic E-state index is -0.130. The third-order valence-electron chi connectivity index (χ3n) is 3.61. The molecular weight excluding hydrogens is 296 g/mol. The molecule has 0 fully saturated rings. The molecule has 0 amide bonds. The van der Waals surface area contributed by atoms with E-state index in [4.69, 9.17) is 18.6 Å². The first-order valence-corrected chi connectivity index (χ1v) is 7.01. The van der Waals surface area contributed by atoms with Gasteiger partial charge >= 0.3 is 0 Å². The molecule has 0 unspecified atom stereocenters. The van der Waals surface area contributed by atoms with Crippen LogP contribution in [0.4, 0.5) is 0 Å². The highest BCUT2D eigenvalue weighted by Crippen LogP contribution is 2.34. The Morgan fingerprint density at radius 3 is 2.26 bits per heavy atom. The Morgan fingerprint density at radius 2 is 1.57 bits per heavy atom. The zero-order valence-corrected chi connectivity index (χ0v) is 13.1. The summed E-state index contributed by atoms with van der Waals surface area (Å²) in [4.78, 5) is 12.3. The molecule has 0 bridgehead atoms. The van der Waals surface area contributed by atoms with Crippen LogP contribution in [-0.2, 0) is 0 Å². The van der Waals surface area contributed by atoms with Gasteiger partial charge in [-0.15, -0.1) is 0 Å². The molecular formula is C18H16O5. The maximum atomic E-state index is 12.3. The summed E-state index contributed by atoms with van der Waals surface area (Å²) >= 11 is 0. The van der Waals surface area contributed by atoms with Crippen LogP contribution in [0.3, 0.4) is 0 Å². The van der Waals surface area contributed by atoms with Crippen LogP contribution in [0.2, 0.25) is 0 Å². The van der Waals surface area contributed by atoms with Crippen molar-refractivity contribution in [3.05, 3.63) is 52.7 Å². The number of rotatable bonds is 4. The topological polar surface area (TPSA) is 57.9 Å². The molecule has 0 aliphatic heterocycles. The zero-order valence-electron chi connectivity index (χ0n) is 13.1. The number of methoxy groups -OCH3 is 3. The van der Waals surface area contributed by atoms with Crippen molar-refractivity contribution in [3.63, 3.8) is 0 Å². The third-order valence-corrected chi connectivity index (χ3v) is 3.61. The molecule has 5 nitrogen and oxygen atoms in total. The average molecular weight is 312 g/mol. The third kappa shape index (κ3) is 2.61. The van der Waals surface area contributed by atoms with E-state index >= 15 is 0 Å². The maximum Gasteiger partial charge on any atom is 0.193 e. The van der Waals surface area contributed by atoms with Crippen molar-refractivity contribution < 1.29 is 18.6 Å². The zero-order chi connectivity index (χ0) is 16.4. The quantitative estimate of drug-likeness (QED) is 0.738. The molecule has 0 spiro atoms. The Hall–Kier alpha value is -2.95. The predicted octanol–water partition coefficient (Wildman–Crippen LogP) is 3.49. The highest BCUT2D eigenvalue weighted by Gasteiger charge is 2.13. The predicted molar refractivity (Wildman–Crippen MR) is 87.6 cm³/mol. The van der Waals surface area contributed by atoms with Crippen LogP contribution in [0.15, 0.2) is 51.7 Å². The van der Waals surface area contributed by atoms with E-state index in [0.29, 0.717) is 39.5 Å². The first-order valence-electron chi connectivity index (χ1n) is 7.01. The summed E-state index contributed by atoms with van der Waals surface area (Å²) < 4.78 is 21.7. The molecule has 3 aromatic rings. The van der Waals surface area contributed by atoms with Crippen LogP contribution in [0.5, 0.6) is 17.2 Å². The van der Waals surface area contributed by atoms with E-state index in [1.165, 1.54) is 13.2 Å². The second-order valence-corrected chi connectivity index (χ2v) is 4.88. The van der Waals surface area contributed by atoms with Gasteiger partial charge in [0.15, 0.2) is 28.3 Å². The summed E-state index contributed by atoms with van der Waals surface area (Å²) in [6.07, 6.45) is 0. The molecule has 1 heterocycles. The van der Waals surface area contributed by atoms with Gasteiger partial charge in [0.25, 0.3) is 0 Å². The van der Waals surface area contributed by atoms with Crippen LogP contribution in [0.1, 0.15) is 0 Å². The monoisotopic (exact) mass is 312 g/mol. The van der Waals surface area contributed by atoms with Crippen LogP contribution in [0, 0.1) is 0 Å². The van der Waals surface area contributed by atoms with Gasteiger partial charge in [0.2, 0.25) is 0 Å². The van der Waals surface area contributed by atoms with Gasteiger partial charge in [-0.3, -0.25) is 4.79 Å². The number of benzene rings is 2. The van der Waals surface area contributed by atoms with Crippen molar-refractivity contribution in [2.24, 2.45) is 0 Å². The minimum Gasteiger partial charge on any atom is -0.493 e. The molecule has 2 aromatic carbocycles. The Kier molecular flexibility index (Phi) is 3.93. The average Bonchev–Trinajstić information content (AvgIpc) is 2.60. The normalized spacial score (nSPS) is 10.6. The van der Waals surface area contributed by atoms with Crippen LogP contribution in [-0.4, -0.2) is 21.3 Å². The first kappa shape index (κ1) is 15.0. The summed E-state index contributed by atoms with van der Waals surface area (Å²) in [6.45, 7) is 0. The van der Waals surface area contributed by atoms with E-state index in [0.717, 1.165) is 0 Å². The molecule has 0 saturated heterocycles. The molecule has 0 saturated carbocycles. The van der Waals surface area contributed by atoms with Crippen molar-refractivity contribution in [1.82, 2.24) is 0 Å². The maximum absolute atomic E-state index is 12.3. The molecule has 0 aliphatic rings. The summed E-state index contributed by atoms with van der Waals surface area (Å²) in [5.74, 6) is 2.12. The smallest absolute Gasteiger partial charge is 0.193 e. The van der Waals surface area contributed by atoms with Crippen molar-refractivity contribution in [2.75, 3.05) is 21.3 Å². The van der Waals surface area contributed by atoms with E-state index in [1.54, 1.807) is 50.6 Å². The largest absolute Gasteiger partial charge is 0.493 e. The molecule has 0 aliphatic carbocycles. The van der Waals surface area contributed by atoms with E-state index in [1.807, 2.05) is 0 Å². The fraction of sp³-hybridized carbons (Fsp3) is 0.167. The fourth-order valence-electron chi connectivity index (χ4n) is 2.44. The van der Waals surface area contributed by atoms with E-state index in [9.17, 15) is 4.79 Å². The fourth-order valence-corrected chi connectivity index (χ4v) is 2.44. The Labute approximate surface area is 133 Å². The lowest BCUT2D eigenvalue weighted by Gasteiger charge is -2.10. The molecule has 3 rings (SSSR count). The van der Waals surface area contributed by atoms with Gasteiger partial charge in [-0.1, -0.05) is 6.07 Å². The summed E-state index contributed by atoms with van der Waals surface area (Å²) in [5.41, 5.74) is 1.01. The Bertz CT molecular complexity index is 911. The van der Waals surface area contributed by atoms with E-state index in [2.05, 4.69) is 0 Å². The number of hydrogen-bond acceptors (Lipinski definition) is 5. The molecule has 0 radical (unpaired) electrons.